The molecule has 18 heavy (non-hydrogen) atoms. The topological polar surface area (TPSA) is 38.1 Å². The first-order valence-electron chi connectivity index (χ1n) is 6.45. The molecular weight excluding hydrogens is 250 g/mol. The molecule has 1 aromatic heterocycles. The molecule has 0 unspecified atom stereocenters. The van der Waals surface area contributed by atoms with Crippen molar-refractivity contribution in [2.24, 2.45) is 5.92 Å². The fraction of sp³-hybridized carbons (Fsp3) is 0.692. The molecule has 0 saturated heterocycles. The highest BCUT2D eigenvalue weighted by Crippen LogP contribution is 2.32. The summed E-state index contributed by atoms with van der Waals surface area (Å²) < 4.78 is 1.76. The van der Waals surface area contributed by atoms with Gasteiger partial charge < -0.3 is 4.90 Å². The Labute approximate surface area is 113 Å². The number of aryl methyl sites for hydroxylation is 2. The Bertz CT molecular complexity index is 437. The van der Waals surface area contributed by atoms with E-state index in [9.17, 15) is 4.79 Å². The van der Waals surface area contributed by atoms with Crippen molar-refractivity contribution in [3.8, 4) is 0 Å². The third-order valence-corrected chi connectivity index (χ3v) is 3.83. The summed E-state index contributed by atoms with van der Waals surface area (Å²) in [6.45, 7) is 5.41. The molecular formula is C13H20ClN3O. The first-order chi connectivity index (χ1) is 8.51. The van der Waals surface area contributed by atoms with Gasteiger partial charge in [0.15, 0.2) is 0 Å². The first-order valence-corrected chi connectivity index (χ1v) is 6.88. The van der Waals surface area contributed by atoms with Crippen LogP contribution < -0.4 is 0 Å². The number of hydrogen-bond acceptors (Lipinski definition) is 2. The van der Waals surface area contributed by atoms with E-state index in [2.05, 4.69) is 5.10 Å². The zero-order valence-electron chi connectivity index (χ0n) is 11.2. The van der Waals surface area contributed by atoms with Gasteiger partial charge in [0.25, 0.3) is 5.91 Å². The number of rotatable bonds is 4. The average Bonchev–Trinajstić information content (AvgIpc) is 2.67. The second-order valence-corrected chi connectivity index (χ2v) is 5.72. The molecule has 0 aliphatic heterocycles. The molecule has 100 valence electrons. The SMILES string of the molecule is CCn1nc(C)cc1C(=O)N(C)CC1CC(Cl)C1. The van der Waals surface area contributed by atoms with Crippen molar-refractivity contribution in [3.05, 3.63) is 17.5 Å². The lowest BCUT2D eigenvalue weighted by Gasteiger charge is -2.34. The van der Waals surface area contributed by atoms with E-state index in [-0.39, 0.29) is 5.91 Å². The van der Waals surface area contributed by atoms with Gasteiger partial charge >= 0.3 is 0 Å². The van der Waals surface area contributed by atoms with Crippen molar-refractivity contribution < 1.29 is 4.79 Å². The van der Waals surface area contributed by atoms with Crippen LogP contribution in [0, 0.1) is 12.8 Å². The molecule has 1 aromatic rings. The number of halogens is 1. The van der Waals surface area contributed by atoms with E-state index in [4.69, 9.17) is 11.6 Å². The maximum absolute atomic E-state index is 12.3. The largest absolute Gasteiger partial charge is 0.340 e. The average molecular weight is 270 g/mol. The van der Waals surface area contributed by atoms with E-state index in [1.165, 1.54) is 0 Å². The molecule has 0 bridgehead atoms. The quantitative estimate of drug-likeness (QED) is 0.787. The second kappa shape index (κ2) is 5.31. The van der Waals surface area contributed by atoms with Crippen molar-refractivity contribution in [2.45, 2.75) is 38.6 Å². The number of alkyl halides is 1. The molecule has 1 saturated carbocycles. The summed E-state index contributed by atoms with van der Waals surface area (Å²) in [5, 5.41) is 4.61. The normalized spacial score (nSPS) is 22.7. The predicted octanol–water partition coefficient (Wildman–Crippen LogP) is 2.30. The summed E-state index contributed by atoms with van der Waals surface area (Å²) in [4.78, 5) is 14.1. The molecule has 0 atom stereocenters. The van der Waals surface area contributed by atoms with Crippen molar-refractivity contribution in [2.75, 3.05) is 13.6 Å². The van der Waals surface area contributed by atoms with Crippen molar-refractivity contribution in [3.63, 3.8) is 0 Å². The Balaban J connectivity index is 2.01. The number of aromatic nitrogens is 2. The molecule has 0 spiro atoms. The van der Waals surface area contributed by atoms with Gasteiger partial charge in [0.2, 0.25) is 0 Å². The molecule has 1 fully saturated rings. The van der Waals surface area contributed by atoms with E-state index in [1.807, 2.05) is 27.0 Å². The third-order valence-electron chi connectivity index (χ3n) is 3.48. The predicted molar refractivity (Wildman–Crippen MR) is 72.0 cm³/mol. The Morgan fingerprint density at radius 3 is 2.83 bits per heavy atom. The second-order valence-electron chi connectivity index (χ2n) is 5.11. The zero-order chi connectivity index (χ0) is 13.3. The monoisotopic (exact) mass is 269 g/mol. The highest BCUT2D eigenvalue weighted by atomic mass is 35.5. The van der Waals surface area contributed by atoms with E-state index < -0.39 is 0 Å². The van der Waals surface area contributed by atoms with Gasteiger partial charge in [-0.05, 0) is 38.7 Å². The maximum atomic E-state index is 12.3. The van der Waals surface area contributed by atoms with Gasteiger partial charge in [-0.1, -0.05) is 0 Å². The first kappa shape index (κ1) is 13.4. The van der Waals surface area contributed by atoms with E-state index in [0.29, 0.717) is 17.0 Å². The minimum absolute atomic E-state index is 0.0514. The molecule has 0 radical (unpaired) electrons. The van der Waals surface area contributed by atoms with Crippen LogP contribution >= 0.6 is 11.6 Å². The van der Waals surface area contributed by atoms with Crippen LogP contribution in [0.2, 0.25) is 0 Å². The molecule has 1 amide bonds. The Kier molecular flexibility index (Phi) is 3.95. The third kappa shape index (κ3) is 2.69. The van der Waals surface area contributed by atoms with Crippen LogP contribution in [0.5, 0.6) is 0 Å². The summed E-state index contributed by atoms with van der Waals surface area (Å²) in [5.41, 5.74) is 1.57. The number of carbonyl (C=O) groups excluding carboxylic acids is 1. The molecule has 2 rings (SSSR count). The Morgan fingerprint density at radius 2 is 2.28 bits per heavy atom. The van der Waals surface area contributed by atoms with Crippen molar-refractivity contribution >= 4 is 17.5 Å². The van der Waals surface area contributed by atoms with Gasteiger partial charge in [0.1, 0.15) is 5.69 Å². The van der Waals surface area contributed by atoms with Crippen LogP contribution in [-0.4, -0.2) is 39.6 Å². The van der Waals surface area contributed by atoms with Crippen molar-refractivity contribution in [1.29, 1.82) is 0 Å². The number of nitrogens with zero attached hydrogens (tertiary/aromatic N) is 3. The van der Waals surface area contributed by atoms with Crippen LogP contribution in [0.1, 0.15) is 35.9 Å². The van der Waals surface area contributed by atoms with Crippen LogP contribution in [0.4, 0.5) is 0 Å². The smallest absolute Gasteiger partial charge is 0.271 e. The van der Waals surface area contributed by atoms with Crippen LogP contribution in [0.3, 0.4) is 0 Å². The summed E-state index contributed by atoms with van der Waals surface area (Å²) in [7, 11) is 1.85. The van der Waals surface area contributed by atoms with Crippen LogP contribution in [-0.2, 0) is 6.54 Å². The zero-order valence-corrected chi connectivity index (χ0v) is 11.9. The summed E-state index contributed by atoms with van der Waals surface area (Å²) in [5.74, 6) is 0.607. The summed E-state index contributed by atoms with van der Waals surface area (Å²) in [6, 6.07) is 1.85. The van der Waals surface area contributed by atoms with Gasteiger partial charge in [-0.25, -0.2) is 0 Å². The molecule has 0 N–H and O–H groups in total. The molecule has 1 aliphatic rings. The van der Waals surface area contributed by atoms with Crippen LogP contribution in [0.25, 0.3) is 0 Å². The van der Waals surface area contributed by atoms with Gasteiger partial charge in [-0.15, -0.1) is 11.6 Å². The van der Waals surface area contributed by atoms with E-state index in [1.54, 1.807) is 9.58 Å². The fourth-order valence-corrected chi connectivity index (χ4v) is 2.93. The van der Waals surface area contributed by atoms with Gasteiger partial charge in [0, 0.05) is 25.5 Å². The summed E-state index contributed by atoms with van der Waals surface area (Å²) in [6.07, 6.45) is 2.04. The Hall–Kier alpha value is -1.03. The minimum atomic E-state index is 0.0514. The number of hydrogen-bond donors (Lipinski definition) is 0. The van der Waals surface area contributed by atoms with Crippen molar-refractivity contribution in [1.82, 2.24) is 14.7 Å². The van der Waals surface area contributed by atoms with E-state index >= 15 is 0 Å². The fourth-order valence-electron chi connectivity index (χ4n) is 2.43. The highest BCUT2D eigenvalue weighted by molar-refractivity contribution is 6.21. The van der Waals surface area contributed by atoms with Gasteiger partial charge in [0.05, 0.1) is 5.69 Å². The van der Waals surface area contributed by atoms with Gasteiger partial charge in [-0.2, -0.15) is 5.10 Å². The minimum Gasteiger partial charge on any atom is -0.340 e. The lowest BCUT2D eigenvalue weighted by Crippen LogP contribution is -2.38. The summed E-state index contributed by atoms with van der Waals surface area (Å²) >= 11 is 5.96. The lowest BCUT2D eigenvalue weighted by atomic mass is 9.84. The molecule has 1 heterocycles. The highest BCUT2D eigenvalue weighted by Gasteiger charge is 2.29. The van der Waals surface area contributed by atoms with E-state index in [0.717, 1.165) is 31.6 Å². The van der Waals surface area contributed by atoms with Crippen LogP contribution in [0.15, 0.2) is 6.07 Å². The van der Waals surface area contributed by atoms with Gasteiger partial charge in [-0.3, -0.25) is 9.48 Å². The Morgan fingerprint density at radius 1 is 1.61 bits per heavy atom. The number of carbonyl (C=O) groups is 1. The number of amides is 1. The standard InChI is InChI=1S/C13H20ClN3O/c1-4-17-12(5-9(2)15-17)13(18)16(3)8-10-6-11(14)7-10/h5,10-11H,4,6-8H2,1-3H3. The molecule has 0 aromatic carbocycles. The molecule has 5 heteroatoms. The lowest BCUT2D eigenvalue weighted by molar-refractivity contribution is 0.0734. The maximum Gasteiger partial charge on any atom is 0.271 e. The molecule has 4 nitrogen and oxygen atoms in total. The molecule has 1 aliphatic carbocycles.